The van der Waals surface area contributed by atoms with Crippen LogP contribution in [0.1, 0.15) is 19.8 Å². The molecule has 0 spiro atoms. The summed E-state index contributed by atoms with van der Waals surface area (Å²) in [6.45, 7) is 3.02. The second-order valence-electron chi connectivity index (χ2n) is 4.71. The van der Waals surface area contributed by atoms with E-state index in [2.05, 4.69) is 5.32 Å². The van der Waals surface area contributed by atoms with E-state index in [4.69, 9.17) is 11.6 Å². The Labute approximate surface area is 117 Å². The van der Waals surface area contributed by atoms with Crippen molar-refractivity contribution in [1.29, 1.82) is 0 Å². The molecule has 0 radical (unpaired) electrons. The van der Waals surface area contributed by atoms with Crippen LogP contribution in [0.4, 0.5) is 5.69 Å². The van der Waals surface area contributed by atoms with Crippen molar-refractivity contribution in [2.75, 3.05) is 18.0 Å². The Morgan fingerprint density at radius 2 is 2.11 bits per heavy atom. The van der Waals surface area contributed by atoms with Gasteiger partial charge >= 0.3 is 0 Å². The van der Waals surface area contributed by atoms with Crippen LogP contribution in [0.5, 0.6) is 0 Å². The predicted molar refractivity (Wildman–Crippen MR) is 75.2 cm³/mol. The van der Waals surface area contributed by atoms with Crippen LogP contribution >= 0.6 is 11.6 Å². The number of hydrogen-bond acceptors (Lipinski definition) is 2. The average molecular weight is 281 g/mol. The zero-order chi connectivity index (χ0) is 13.8. The molecule has 1 aliphatic rings. The van der Waals surface area contributed by atoms with Crippen molar-refractivity contribution in [3.05, 3.63) is 29.3 Å². The van der Waals surface area contributed by atoms with E-state index in [1.807, 2.05) is 19.1 Å². The first-order valence-electron chi connectivity index (χ1n) is 6.42. The van der Waals surface area contributed by atoms with Gasteiger partial charge in [-0.15, -0.1) is 0 Å². The number of benzene rings is 1. The fourth-order valence-electron chi connectivity index (χ4n) is 2.17. The lowest BCUT2D eigenvalue weighted by molar-refractivity contribution is -0.121. The van der Waals surface area contributed by atoms with Crippen molar-refractivity contribution < 1.29 is 9.59 Å². The molecule has 102 valence electrons. The van der Waals surface area contributed by atoms with E-state index in [0.717, 1.165) is 5.69 Å². The van der Waals surface area contributed by atoms with Gasteiger partial charge in [0.1, 0.15) is 0 Å². The van der Waals surface area contributed by atoms with Gasteiger partial charge in [0, 0.05) is 42.6 Å². The summed E-state index contributed by atoms with van der Waals surface area (Å²) in [6.07, 6.45) is 0.953. The quantitative estimate of drug-likeness (QED) is 0.919. The molecule has 0 bridgehead atoms. The molecule has 1 aliphatic heterocycles. The highest BCUT2D eigenvalue weighted by Crippen LogP contribution is 2.25. The summed E-state index contributed by atoms with van der Waals surface area (Å²) >= 11 is 5.83. The molecule has 1 unspecified atom stereocenters. The first-order valence-corrected chi connectivity index (χ1v) is 6.80. The van der Waals surface area contributed by atoms with Crippen LogP contribution in [0.2, 0.25) is 5.02 Å². The van der Waals surface area contributed by atoms with Gasteiger partial charge in [0.05, 0.1) is 0 Å². The third kappa shape index (κ3) is 3.47. The Hall–Kier alpha value is -1.55. The summed E-state index contributed by atoms with van der Waals surface area (Å²) < 4.78 is 0. The monoisotopic (exact) mass is 280 g/mol. The molecule has 0 aromatic heterocycles. The van der Waals surface area contributed by atoms with E-state index >= 15 is 0 Å². The van der Waals surface area contributed by atoms with Crippen molar-refractivity contribution >= 4 is 29.1 Å². The highest BCUT2D eigenvalue weighted by atomic mass is 35.5. The molecule has 1 aromatic carbocycles. The summed E-state index contributed by atoms with van der Waals surface area (Å²) in [7, 11) is 0. The zero-order valence-corrected chi connectivity index (χ0v) is 11.6. The number of amides is 2. The lowest BCUT2D eigenvalue weighted by Crippen LogP contribution is -2.30. The van der Waals surface area contributed by atoms with Gasteiger partial charge in [0.2, 0.25) is 11.8 Å². The molecule has 1 aromatic rings. The third-order valence-corrected chi connectivity index (χ3v) is 3.50. The average Bonchev–Trinajstić information content (AvgIpc) is 2.78. The largest absolute Gasteiger partial charge is 0.356 e. The number of carbonyl (C=O) groups excluding carboxylic acids is 2. The van der Waals surface area contributed by atoms with Crippen molar-refractivity contribution in [1.82, 2.24) is 5.32 Å². The Morgan fingerprint density at radius 1 is 1.42 bits per heavy atom. The molecule has 1 atom stereocenters. The molecule has 19 heavy (non-hydrogen) atoms. The number of carbonyl (C=O) groups is 2. The van der Waals surface area contributed by atoms with Crippen LogP contribution in [0.3, 0.4) is 0 Å². The van der Waals surface area contributed by atoms with Crippen LogP contribution in [-0.4, -0.2) is 24.9 Å². The highest BCUT2D eigenvalue weighted by Gasteiger charge is 2.30. The fraction of sp³-hybridized carbons (Fsp3) is 0.429. The van der Waals surface area contributed by atoms with E-state index in [9.17, 15) is 9.59 Å². The van der Waals surface area contributed by atoms with Crippen molar-refractivity contribution in [2.45, 2.75) is 19.8 Å². The minimum Gasteiger partial charge on any atom is -0.356 e. The second kappa shape index (κ2) is 6.06. The molecule has 0 aliphatic carbocycles. The smallest absolute Gasteiger partial charge is 0.227 e. The van der Waals surface area contributed by atoms with Crippen molar-refractivity contribution in [3.8, 4) is 0 Å². The molecule has 1 heterocycles. The normalized spacial score (nSPS) is 18.7. The van der Waals surface area contributed by atoms with Gasteiger partial charge in [-0.05, 0) is 24.3 Å². The summed E-state index contributed by atoms with van der Waals surface area (Å²) in [5.74, 6) is 0.300. The lowest BCUT2D eigenvalue weighted by Gasteiger charge is -2.17. The molecule has 1 N–H and O–H groups in total. The second-order valence-corrected chi connectivity index (χ2v) is 5.14. The first kappa shape index (κ1) is 13.9. The molecule has 4 nitrogen and oxygen atoms in total. The molecular formula is C14H17ClN2O2. The van der Waals surface area contributed by atoms with Gasteiger partial charge in [-0.1, -0.05) is 18.5 Å². The summed E-state index contributed by atoms with van der Waals surface area (Å²) in [6, 6.07) is 7.23. The Balaban J connectivity index is 1.96. The molecule has 0 saturated carbocycles. The maximum atomic E-state index is 12.0. The number of rotatable bonds is 4. The van der Waals surface area contributed by atoms with E-state index in [1.165, 1.54) is 0 Å². The number of hydrogen-bond donors (Lipinski definition) is 1. The highest BCUT2D eigenvalue weighted by molar-refractivity contribution is 6.30. The summed E-state index contributed by atoms with van der Waals surface area (Å²) in [5.41, 5.74) is 0.860. The van der Waals surface area contributed by atoms with E-state index in [-0.39, 0.29) is 17.7 Å². The van der Waals surface area contributed by atoms with E-state index in [0.29, 0.717) is 31.0 Å². The Morgan fingerprint density at radius 3 is 2.74 bits per heavy atom. The Bertz CT molecular complexity index is 473. The zero-order valence-electron chi connectivity index (χ0n) is 10.9. The Kier molecular flexibility index (Phi) is 4.43. The minimum atomic E-state index is 0.0254. The summed E-state index contributed by atoms with van der Waals surface area (Å²) in [4.78, 5) is 24.9. The number of nitrogens with zero attached hydrogens (tertiary/aromatic N) is 1. The van der Waals surface area contributed by atoms with E-state index in [1.54, 1.807) is 17.0 Å². The number of nitrogens with one attached hydrogen (secondary N) is 1. The van der Waals surface area contributed by atoms with Crippen molar-refractivity contribution in [3.63, 3.8) is 0 Å². The van der Waals surface area contributed by atoms with Crippen LogP contribution in [-0.2, 0) is 9.59 Å². The molecule has 2 amide bonds. The maximum Gasteiger partial charge on any atom is 0.227 e. The standard InChI is InChI=1S/C14H17ClN2O2/c1-2-13(18)16-8-10-7-14(19)17(9-10)12-5-3-11(15)4-6-12/h3-6,10H,2,7-9H2,1H3,(H,16,18). The molecule has 5 heteroatoms. The van der Waals surface area contributed by atoms with E-state index < -0.39 is 0 Å². The van der Waals surface area contributed by atoms with Gasteiger partial charge in [-0.2, -0.15) is 0 Å². The lowest BCUT2D eigenvalue weighted by atomic mass is 10.1. The summed E-state index contributed by atoms with van der Waals surface area (Å²) in [5, 5.41) is 3.49. The molecule has 2 rings (SSSR count). The van der Waals surface area contributed by atoms with Crippen LogP contribution in [0.25, 0.3) is 0 Å². The minimum absolute atomic E-state index is 0.0254. The van der Waals surface area contributed by atoms with Gasteiger partial charge in [-0.25, -0.2) is 0 Å². The van der Waals surface area contributed by atoms with Crippen LogP contribution in [0.15, 0.2) is 24.3 Å². The maximum absolute atomic E-state index is 12.0. The SMILES string of the molecule is CCC(=O)NCC1CC(=O)N(c2ccc(Cl)cc2)C1. The van der Waals surface area contributed by atoms with Crippen LogP contribution in [0, 0.1) is 5.92 Å². The van der Waals surface area contributed by atoms with Crippen molar-refractivity contribution in [2.24, 2.45) is 5.92 Å². The molecule has 1 saturated heterocycles. The third-order valence-electron chi connectivity index (χ3n) is 3.25. The topological polar surface area (TPSA) is 49.4 Å². The number of halogens is 1. The molecular weight excluding hydrogens is 264 g/mol. The van der Waals surface area contributed by atoms with Gasteiger partial charge in [-0.3, -0.25) is 9.59 Å². The van der Waals surface area contributed by atoms with Crippen LogP contribution < -0.4 is 10.2 Å². The van der Waals surface area contributed by atoms with Gasteiger partial charge in [0.15, 0.2) is 0 Å². The van der Waals surface area contributed by atoms with Gasteiger partial charge < -0.3 is 10.2 Å². The number of anilines is 1. The fourth-order valence-corrected chi connectivity index (χ4v) is 2.30. The van der Waals surface area contributed by atoms with Gasteiger partial charge in [0.25, 0.3) is 0 Å². The first-order chi connectivity index (χ1) is 9.10. The molecule has 1 fully saturated rings. The predicted octanol–water partition coefficient (Wildman–Crippen LogP) is 2.22.